The number of likely N-dealkylation sites (tertiary alicyclic amines) is 1. The summed E-state index contributed by atoms with van der Waals surface area (Å²) >= 11 is 0. The largest absolute Gasteiger partial charge is 0.378 e. The molecule has 2 amide bonds. The molecule has 4 rings (SSSR count). The van der Waals surface area contributed by atoms with Gasteiger partial charge in [0.1, 0.15) is 5.82 Å². The lowest BCUT2D eigenvalue weighted by atomic mass is 10.0. The van der Waals surface area contributed by atoms with Crippen molar-refractivity contribution in [2.24, 2.45) is 5.73 Å². The van der Waals surface area contributed by atoms with Crippen LogP contribution in [0, 0.1) is 11.3 Å². The highest BCUT2D eigenvalue weighted by atomic mass is 16.5. The Morgan fingerprint density at radius 3 is 2.82 bits per heavy atom. The Morgan fingerprint density at radius 1 is 1.16 bits per heavy atom. The molecule has 1 aromatic heterocycles. The van der Waals surface area contributed by atoms with Gasteiger partial charge in [0.15, 0.2) is 0 Å². The van der Waals surface area contributed by atoms with E-state index in [0.717, 1.165) is 44.3 Å². The van der Waals surface area contributed by atoms with Crippen molar-refractivity contribution in [1.82, 2.24) is 15.2 Å². The number of carbonyl (C=O) groups excluding carboxylic acids is 2. The first-order chi connectivity index (χ1) is 18.6. The van der Waals surface area contributed by atoms with Crippen molar-refractivity contribution in [3.8, 4) is 17.3 Å². The van der Waals surface area contributed by atoms with Crippen LogP contribution in [-0.4, -0.2) is 66.6 Å². The molecule has 0 aliphatic carbocycles. The molecule has 2 aromatic rings. The Kier molecular flexibility index (Phi) is 10.1. The maximum absolute atomic E-state index is 13.3. The number of carbonyl (C=O) groups is 2. The molecular weight excluding hydrogens is 480 g/mol. The fourth-order valence-corrected chi connectivity index (χ4v) is 5.20. The van der Waals surface area contributed by atoms with Crippen molar-refractivity contribution >= 4 is 17.6 Å². The molecule has 202 valence electrons. The second kappa shape index (κ2) is 13.9. The highest BCUT2D eigenvalue weighted by Gasteiger charge is 2.29. The molecule has 2 aliphatic rings. The zero-order valence-electron chi connectivity index (χ0n) is 22.0. The molecule has 0 saturated carbocycles. The van der Waals surface area contributed by atoms with Crippen molar-refractivity contribution in [2.45, 2.75) is 63.5 Å². The van der Waals surface area contributed by atoms with Crippen LogP contribution in [-0.2, 0) is 9.53 Å². The van der Waals surface area contributed by atoms with Crippen molar-refractivity contribution < 1.29 is 14.3 Å². The summed E-state index contributed by atoms with van der Waals surface area (Å²) in [6.07, 6.45) is 7.25. The van der Waals surface area contributed by atoms with Crippen LogP contribution in [0.5, 0.6) is 0 Å². The first-order valence-corrected chi connectivity index (χ1v) is 13.7. The Labute approximate surface area is 224 Å². The molecule has 2 saturated heterocycles. The second-order valence-electron chi connectivity index (χ2n) is 9.94. The van der Waals surface area contributed by atoms with Gasteiger partial charge in [0, 0.05) is 44.3 Å². The van der Waals surface area contributed by atoms with E-state index in [-0.39, 0.29) is 24.0 Å². The van der Waals surface area contributed by atoms with Crippen molar-refractivity contribution in [2.75, 3.05) is 38.1 Å². The van der Waals surface area contributed by atoms with E-state index >= 15 is 0 Å². The van der Waals surface area contributed by atoms with Crippen molar-refractivity contribution in [3.63, 3.8) is 0 Å². The second-order valence-corrected chi connectivity index (χ2v) is 9.94. The maximum atomic E-state index is 13.3. The summed E-state index contributed by atoms with van der Waals surface area (Å²) in [7, 11) is 0. The summed E-state index contributed by atoms with van der Waals surface area (Å²) in [6, 6.07) is 13.0. The molecule has 2 aliphatic heterocycles. The van der Waals surface area contributed by atoms with Crippen LogP contribution in [0.2, 0.25) is 0 Å². The summed E-state index contributed by atoms with van der Waals surface area (Å²) in [5, 5.41) is 15.9. The Balaban J connectivity index is 1.48. The van der Waals surface area contributed by atoms with Gasteiger partial charge in [-0.2, -0.15) is 5.26 Å². The number of nitriles is 1. The summed E-state index contributed by atoms with van der Waals surface area (Å²) in [5.74, 6) is 0.336. The third-order valence-electron chi connectivity index (χ3n) is 7.29. The fourth-order valence-electron chi connectivity index (χ4n) is 5.20. The standard InChI is InChI=1S/C29H38N6O3/c30-15-5-11-27(36)35-17-6-8-22(35)20-33-29(37)25-12-13-26(24-10-2-1-7-21(24)19-31)34-28(25)32-16-14-23-9-3-4-18-38-23/h1-2,7,10,12-13,22-23H,3-6,8-9,11,14-18,20,30H2,(H,32,34)(H,33,37)/t22-,23?/m1/s1. The Bertz CT molecular complexity index is 1140. The van der Waals surface area contributed by atoms with E-state index in [1.165, 1.54) is 6.42 Å². The van der Waals surface area contributed by atoms with Crippen molar-refractivity contribution in [1.29, 1.82) is 5.26 Å². The van der Waals surface area contributed by atoms with E-state index in [0.29, 0.717) is 61.7 Å². The highest BCUT2D eigenvalue weighted by Crippen LogP contribution is 2.26. The van der Waals surface area contributed by atoms with Crippen LogP contribution in [0.3, 0.4) is 0 Å². The molecule has 2 atom stereocenters. The zero-order valence-corrected chi connectivity index (χ0v) is 22.0. The predicted octanol–water partition coefficient (Wildman–Crippen LogP) is 3.45. The summed E-state index contributed by atoms with van der Waals surface area (Å²) < 4.78 is 5.85. The van der Waals surface area contributed by atoms with E-state index in [9.17, 15) is 14.9 Å². The normalized spacial score (nSPS) is 19.1. The van der Waals surface area contributed by atoms with Crippen LogP contribution >= 0.6 is 0 Å². The van der Waals surface area contributed by atoms with E-state index in [4.69, 9.17) is 15.5 Å². The molecule has 2 fully saturated rings. The minimum Gasteiger partial charge on any atom is -0.378 e. The number of nitrogens with zero attached hydrogens (tertiary/aromatic N) is 3. The average molecular weight is 519 g/mol. The van der Waals surface area contributed by atoms with Gasteiger partial charge in [-0.05, 0) is 69.7 Å². The highest BCUT2D eigenvalue weighted by molar-refractivity contribution is 5.99. The number of ether oxygens (including phenoxy) is 1. The third-order valence-corrected chi connectivity index (χ3v) is 7.29. The monoisotopic (exact) mass is 518 g/mol. The molecule has 0 radical (unpaired) electrons. The first-order valence-electron chi connectivity index (χ1n) is 13.7. The number of benzene rings is 1. The Morgan fingerprint density at radius 2 is 2.03 bits per heavy atom. The molecule has 9 nitrogen and oxygen atoms in total. The number of pyridine rings is 1. The maximum Gasteiger partial charge on any atom is 0.255 e. The van der Waals surface area contributed by atoms with Crippen LogP contribution in [0.1, 0.15) is 67.3 Å². The molecule has 0 bridgehead atoms. The lowest BCUT2D eigenvalue weighted by Gasteiger charge is -2.25. The van der Waals surface area contributed by atoms with Gasteiger partial charge in [-0.1, -0.05) is 18.2 Å². The fraction of sp³-hybridized carbons (Fsp3) is 0.517. The molecule has 3 heterocycles. The average Bonchev–Trinajstić information content (AvgIpc) is 3.44. The van der Waals surface area contributed by atoms with Crippen LogP contribution < -0.4 is 16.4 Å². The molecule has 38 heavy (non-hydrogen) atoms. The van der Waals surface area contributed by atoms with Gasteiger partial charge in [-0.15, -0.1) is 0 Å². The molecule has 4 N–H and O–H groups in total. The van der Waals surface area contributed by atoms with E-state index < -0.39 is 0 Å². The van der Waals surface area contributed by atoms with E-state index in [1.54, 1.807) is 18.2 Å². The molecule has 0 spiro atoms. The SMILES string of the molecule is N#Cc1ccccc1-c1ccc(C(=O)NC[C@H]2CCCN2C(=O)CCCN)c(NCCC2CCCCO2)n1. The van der Waals surface area contributed by atoms with Gasteiger partial charge >= 0.3 is 0 Å². The minimum absolute atomic E-state index is 0.0150. The van der Waals surface area contributed by atoms with Gasteiger partial charge in [-0.3, -0.25) is 9.59 Å². The number of aromatic nitrogens is 1. The predicted molar refractivity (Wildman–Crippen MR) is 146 cm³/mol. The van der Waals surface area contributed by atoms with Gasteiger partial charge in [0.25, 0.3) is 5.91 Å². The van der Waals surface area contributed by atoms with Gasteiger partial charge in [-0.25, -0.2) is 4.98 Å². The van der Waals surface area contributed by atoms with E-state index in [1.807, 2.05) is 23.1 Å². The zero-order chi connectivity index (χ0) is 26.7. The smallest absolute Gasteiger partial charge is 0.255 e. The molecule has 1 unspecified atom stereocenters. The molecule has 1 aromatic carbocycles. The number of nitrogens with one attached hydrogen (secondary N) is 2. The lowest BCUT2D eigenvalue weighted by Crippen LogP contribution is -2.43. The number of nitrogens with two attached hydrogens (primary N) is 1. The number of hydrogen-bond donors (Lipinski definition) is 3. The van der Waals surface area contributed by atoms with E-state index in [2.05, 4.69) is 16.7 Å². The summed E-state index contributed by atoms with van der Waals surface area (Å²) in [4.78, 5) is 32.5. The number of rotatable bonds is 11. The third kappa shape index (κ3) is 7.09. The van der Waals surface area contributed by atoms with Gasteiger partial charge < -0.3 is 26.0 Å². The van der Waals surface area contributed by atoms with Gasteiger partial charge in [0.2, 0.25) is 5.91 Å². The number of amides is 2. The first kappa shape index (κ1) is 27.6. The lowest BCUT2D eigenvalue weighted by molar-refractivity contribution is -0.132. The van der Waals surface area contributed by atoms with Crippen LogP contribution in [0.25, 0.3) is 11.3 Å². The van der Waals surface area contributed by atoms with Crippen LogP contribution in [0.15, 0.2) is 36.4 Å². The van der Waals surface area contributed by atoms with Crippen molar-refractivity contribution in [3.05, 3.63) is 47.5 Å². The topological polar surface area (TPSA) is 133 Å². The summed E-state index contributed by atoms with van der Waals surface area (Å²) in [5.41, 5.74) is 7.88. The molecular formula is C29H38N6O3. The number of anilines is 1. The molecule has 9 heteroatoms. The quantitative estimate of drug-likeness (QED) is 0.415. The summed E-state index contributed by atoms with van der Waals surface area (Å²) in [6.45, 7) is 3.01. The minimum atomic E-state index is -0.240. The Hall–Kier alpha value is -3.48. The van der Waals surface area contributed by atoms with Crippen LogP contribution in [0.4, 0.5) is 5.82 Å². The number of hydrogen-bond acceptors (Lipinski definition) is 7. The van der Waals surface area contributed by atoms with Gasteiger partial charge in [0.05, 0.1) is 29.0 Å².